The van der Waals surface area contributed by atoms with E-state index in [0.29, 0.717) is 33.5 Å². The molecule has 0 radical (unpaired) electrons. The zero-order valence-corrected chi connectivity index (χ0v) is 21.0. The minimum Gasteiger partial charge on any atom is -0.497 e. The Balaban J connectivity index is 1.61. The zero-order valence-electron chi connectivity index (χ0n) is 19.4. The van der Waals surface area contributed by atoms with Crippen LogP contribution in [0.15, 0.2) is 65.6 Å². The Bertz CT molecular complexity index is 1340. The maximum absolute atomic E-state index is 13.1. The van der Waals surface area contributed by atoms with Crippen molar-refractivity contribution in [1.82, 2.24) is 4.90 Å². The number of nitrogens with zero attached hydrogens (tertiary/aromatic N) is 1. The van der Waals surface area contributed by atoms with Gasteiger partial charge >= 0.3 is 0 Å². The summed E-state index contributed by atoms with van der Waals surface area (Å²) in [5.74, 6) is 1.57. The summed E-state index contributed by atoms with van der Waals surface area (Å²) in [4.78, 5) is 14.8. The maximum atomic E-state index is 13.1. The highest BCUT2D eigenvalue weighted by molar-refractivity contribution is 7.92. The molecule has 3 aromatic carbocycles. The summed E-state index contributed by atoms with van der Waals surface area (Å²) in [5, 5.41) is 0.443. The number of nitrogens with one attached hydrogen (secondary N) is 1. The first-order chi connectivity index (χ1) is 16.7. The summed E-state index contributed by atoms with van der Waals surface area (Å²) < 4.78 is 44.8. The Morgan fingerprint density at radius 3 is 2.49 bits per heavy atom. The number of amides is 1. The molecule has 0 saturated carbocycles. The van der Waals surface area contributed by atoms with E-state index in [4.69, 9.17) is 25.8 Å². The molecule has 3 aromatic rings. The maximum Gasteiger partial charge on any atom is 0.263 e. The van der Waals surface area contributed by atoms with Crippen LogP contribution >= 0.6 is 11.6 Å². The van der Waals surface area contributed by atoms with Crippen LogP contribution in [0.4, 0.5) is 5.69 Å². The summed E-state index contributed by atoms with van der Waals surface area (Å²) in [6.45, 7) is 2.19. The van der Waals surface area contributed by atoms with E-state index in [0.717, 1.165) is 5.56 Å². The third-order valence-electron chi connectivity index (χ3n) is 5.62. The van der Waals surface area contributed by atoms with Gasteiger partial charge in [-0.25, -0.2) is 8.42 Å². The smallest absolute Gasteiger partial charge is 0.263 e. The van der Waals surface area contributed by atoms with Crippen LogP contribution in [0, 0.1) is 0 Å². The number of ether oxygens (including phenoxy) is 3. The van der Waals surface area contributed by atoms with E-state index in [-0.39, 0.29) is 23.9 Å². The second-order valence-electron chi connectivity index (χ2n) is 8.01. The van der Waals surface area contributed by atoms with Gasteiger partial charge in [-0.15, -0.1) is 0 Å². The standard InChI is InChI=1S/C25H25ClN2O6S/c1-16-25(29)28(14-17-4-8-21(32-2)13-24(17)33-3)15-18-12-20(7-11-23(18)34-16)27-35(30,31)22-9-5-19(26)6-10-22/h4-13,16,27H,14-15H2,1-3H3/t16-/m1/s1. The molecule has 1 N–H and O–H groups in total. The molecule has 0 unspecified atom stereocenters. The molecule has 1 amide bonds. The fourth-order valence-electron chi connectivity index (χ4n) is 3.81. The van der Waals surface area contributed by atoms with Crippen molar-refractivity contribution in [2.75, 3.05) is 18.9 Å². The van der Waals surface area contributed by atoms with Gasteiger partial charge < -0.3 is 19.1 Å². The van der Waals surface area contributed by atoms with E-state index in [1.54, 1.807) is 56.4 Å². The second kappa shape index (κ2) is 10.1. The molecule has 184 valence electrons. The third kappa shape index (κ3) is 5.47. The van der Waals surface area contributed by atoms with Gasteiger partial charge in [0.1, 0.15) is 17.2 Å². The Morgan fingerprint density at radius 2 is 1.80 bits per heavy atom. The van der Waals surface area contributed by atoms with Crippen molar-refractivity contribution in [2.45, 2.75) is 31.0 Å². The summed E-state index contributed by atoms with van der Waals surface area (Å²) in [5.41, 5.74) is 1.83. The number of hydrogen-bond acceptors (Lipinski definition) is 6. The van der Waals surface area contributed by atoms with Crippen LogP contribution in [0.5, 0.6) is 17.2 Å². The van der Waals surface area contributed by atoms with Gasteiger partial charge in [0.05, 0.1) is 19.1 Å². The number of rotatable bonds is 7. The highest BCUT2D eigenvalue weighted by atomic mass is 35.5. The van der Waals surface area contributed by atoms with Gasteiger partial charge in [0.25, 0.3) is 15.9 Å². The molecule has 10 heteroatoms. The number of sulfonamides is 1. The largest absolute Gasteiger partial charge is 0.497 e. The molecule has 0 fully saturated rings. The van der Waals surface area contributed by atoms with Crippen LogP contribution in [0.3, 0.4) is 0 Å². The van der Waals surface area contributed by atoms with Crippen LogP contribution in [0.2, 0.25) is 5.02 Å². The molecule has 0 aromatic heterocycles. The van der Waals surface area contributed by atoms with Crippen LogP contribution < -0.4 is 18.9 Å². The van der Waals surface area contributed by atoms with Crippen LogP contribution in [-0.2, 0) is 27.9 Å². The fourth-order valence-corrected chi connectivity index (χ4v) is 4.99. The number of carbonyl (C=O) groups is 1. The van der Waals surface area contributed by atoms with Gasteiger partial charge in [0.15, 0.2) is 6.10 Å². The molecule has 35 heavy (non-hydrogen) atoms. The quantitative estimate of drug-likeness (QED) is 0.498. The molecule has 8 nitrogen and oxygen atoms in total. The molecule has 4 rings (SSSR count). The molecule has 1 aliphatic rings. The lowest BCUT2D eigenvalue weighted by atomic mass is 10.1. The lowest BCUT2D eigenvalue weighted by molar-refractivity contribution is -0.138. The van der Waals surface area contributed by atoms with E-state index in [1.807, 2.05) is 6.07 Å². The van der Waals surface area contributed by atoms with Crippen molar-refractivity contribution in [2.24, 2.45) is 0 Å². The summed E-state index contributed by atoms with van der Waals surface area (Å²) >= 11 is 5.87. The molecule has 0 bridgehead atoms. The third-order valence-corrected chi connectivity index (χ3v) is 7.27. The molecule has 0 spiro atoms. The number of halogens is 1. The van der Waals surface area contributed by atoms with E-state index < -0.39 is 16.1 Å². The SMILES string of the molecule is COc1ccc(CN2Cc3cc(NS(=O)(=O)c4ccc(Cl)cc4)ccc3O[C@H](C)C2=O)c(OC)c1. The van der Waals surface area contributed by atoms with Gasteiger partial charge in [-0.2, -0.15) is 0 Å². The van der Waals surface area contributed by atoms with Crippen molar-refractivity contribution >= 4 is 33.2 Å². The monoisotopic (exact) mass is 516 g/mol. The summed E-state index contributed by atoms with van der Waals surface area (Å²) in [6, 6.07) is 16.2. The molecular formula is C25H25ClN2O6S. The van der Waals surface area contributed by atoms with E-state index in [1.165, 1.54) is 24.3 Å². The van der Waals surface area contributed by atoms with Crippen molar-refractivity contribution < 1.29 is 27.4 Å². The van der Waals surface area contributed by atoms with E-state index in [9.17, 15) is 13.2 Å². The highest BCUT2D eigenvalue weighted by Gasteiger charge is 2.29. The van der Waals surface area contributed by atoms with E-state index >= 15 is 0 Å². The molecule has 0 saturated heterocycles. The van der Waals surface area contributed by atoms with Crippen molar-refractivity contribution in [1.29, 1.82) is 0 Å². The molecule has 0 aliphatic carbocycles. The summed E-state index contributed by atoms with van der Waals surface area (Å²) in [6.07, 6.45) is -0.711. The number of anilines is 1. The predicted octanol–water partition coefficient (Wildman–Crippen LogP) is 4.47. The minimum absolute atomic E-state index is 0.0881. The molecule has 1 aliphatic heterocycles. The minimum atomic E-state index is -3.82. The van der Waals surface area contributed by atoms with Crippen molar-refractivity contribution in [3.05, 3.63) is 76.8 Å². The number of hydrogen-bond donors (Lipinski definition) is 1. The van der Waals surface area contributed by atoms with Gasteiger partial charge in [-0.05, 0) is 61.5 Å². The lowest BCUT2D eigenvalue weighted by Crippen LogP contribution is -2.37. The van der Waals surface area contributed by atoms with Gasteiger partial charge in [0.2, 0.25) is 0 Å². The number of fused-ring (bicyclic) bond motifs is 1. The second-order valence-corrected chi connectivity index (χ2v) is 10.1. The Labute approximate surface area is 209 Å². The topological polar surface area (TPSA) is 94.2 Å². The van der Waals surface area contributed by atoms with Crippen LogP contribution in [0.25, 0.3) is 0 Å². The van der Waals surface area contributed by atoms with E-state index in [2.05, 4.69) is 4.72 Å². The normalized spacial score (nSPS) is 15.6. The molecular weight excluding hydrogens is 492 g/mol. The number of methoxy groups -OCH3 is 2. The Hall–Kier alpha value is -3.43. The molecule has 1 heterocycles. The van der Waals surface area contributed by atoms with Gasteiger partial charge in [-0.3, -0.25) is 9.52 Å². The van der Waals surface area contributed by atoms with Crippen molar-refractivity contribution in [3.8, 4) is 17.2 Å². The first kappa shape index (κ1) is 24.7. The fraction of sp³-hybridized carbons (Fsp3) is 0.240. The first-order valence-corrected chi connectivity index (χ1v) is 12.6. The van der Waals surface area contributed by atoms with Gasteiger partial charge in [0, 0.05) is 41.0 Å². The lowest BCUT2D eigenvalue weighted by Gasteiger charge is -2.23. The highest BCUT2D eigenvalue weighted by Crippen LogP contribution is 2.32. The summed E-state index contributed by atoms with van der Waals surface area (Å²) in [7, 11) is -0.694. The first-order valence-electron chi connectivity index (χ1n) is 10.8. The van der Waals surface area contributed by atoms with Crippen molar-refractivity contribution in [3.63, 3.8) is 0 Å². The average molecular weight is 517 g/mol. The van der Waals surface area contributed by atoms with Crippen LogP contribution in [0.1, 0.15) is 18.1 Å². The van der Waals surface area contributed by atoms with Gasteiger partial charge in [-0.1, -0.05) is 11.6 Å². The predicted molar refractivity (Wildman–Crippen MR) is 133 cm³/mol. The molecule has 1 atom stereocenters. The van der Waals surface area contributed by atoms with Crippen LogP contribution in [-0.4, -0.2) is 39.5 Å². The Morgan fingerprint density at radius 1 is 1.06 bits per heavy atom. The number of carbonyl (C=O) groups excluding carboxylic acids is 1. The zero-order chi connectivity index (χ0) is 25.2. The number of benzene rings is 3. The Kier molecular flexibility index (Phi) is 7.09. The average Bonchev–Trinajstić information content (AvgIpc) is 2.95.